The molecule has 0 aliphatic carbocycles. The Morgan fingerprint density at radius 3 is 2.55 bits per heavy atom. The van der Waals surface area contributed by atoms with Crippen molar-refractivity contribution < 1.29 is 0 Å². The molecule has 0 radical (unpaired) electrons. The molecule has 0 aliphatic rings. The number of halogens is 1. The summed E-state index contributed by atoms with van der Waals surface area (Å²) in [6, 6.07) is 7.96. The standard InChI is InChI=1S/C10H9Br/c1-3-8(2)9-6-4-5-7-10(9)11/h3-7H,1-2H2. The highest BCUT2D eigenvalue weighted by molar-refractivity contribution is 9.10. The Morgan fingerprint density at radius 2 is 2.00 bits per heavy atom. The summed E-state index contributed by atoms with van der Waals surface area (Å²) in [5, 5.41) is 0. The summed E-state index contributed by atoms with van der Waals surface area (Å²) in [5.74, 6) is 0. The van der Waals surface area contributed by atoms with Crippen molar-refractivity contribution in [2.45, 2.75) is 0 Å². The van der Waals surface area contributed by atoms with E-state index in [-0.39, 0.29) is 0 Å². The van der Waals surface area contributed by atoms with Crippen LogP contribution in [0.3, 0.4) is 0 Å². The van der Waals surface area contributed by atoms with Gasteiger partial charge in [0.2, 0.25) is 0 Å². The second kappa shape index (κ2) is 3.54. The summed E-state index contributed by atoms with van der Waals surface area (Å²) < 4.78 is 1.06. The minimum Gasteiger partial charge on any atom is -0.0985 e. The topological polar surface area (TPSA) is 0 Å². The summed E-state index contributed by atoms with van der Waals surface area (Å²) in [5.41, 5.74) is 2.04. The van der Waals surface area contributed by atoms with Crippen molar-refractivity contribution in [1.82, 2.24) is 0 Å². The monoisotopic (exact) mass is 208 g/mol. The lowest BCUT2D eigenvalue weighted by Crippen LogP contribution is -1.79. The lowest BCUT2D eigenvalue weighted by molar-refractivity contribution is 1.58. The fourth-order valence-corrected chi connectivity index (χ4v) is 1.37. The number of benzene rings is 1. The Balaban J connectivity index is 3.13. The van der Waals surface area contributed by atoms with Gasteiger partial charge in [-0.05, 0) is 17.2 Å². The van der Waals surface area contributed by atoms with Crippen molar-refractivity contribution in [3.8, 4) is 0 Å². The molecular weight excluding hydrogens is 200 g/mol. The van der Waals surface area contributed by atoms with Gasteiger partial charge in [0, 0.05) is 4.47 Å². The summed E-state index contributed by atoms with van der Waals surface area (Å²) in [7, 11) is 0. The third kappa shape index (κ3) is 1.81. The van der Waals surface area contributed by atoms with Gasteiger partial charge in [0.25, 0.3) is 0 Å². The van der Waals surface area contributed by atoms with Crippen LogP contribution in [0, 0.1) is 0 Å². The number of rotatable bonds is 2. The average molecular weight is 209 g/mol. The normalized spacial score (nSPS) is 9.18. The third-order valence-corrected chi connectivity index (χ3v) is 2.16. The SMILES string of the molecule is C=CC(=C)c1ccccc1Br. The maximum absolute atomic E-state index is 3.86. The van der Waals surface area contributed by atoms with Crippen LogP contribution >= 0.6 is 15.9 Å². The Bertz CT molecular complexity index is 287. The first-order valence-corrected chi connectivity index (χ1v) is 4.11. The minimum atomic E-state index is 0.942. The molecule has 1 aromatic rings. The molecule has 0 atom stereocenters. The molecule has 1 aromatic carbocycles. The molecule has 0 saturated carbocycles. The molecule has 0 N–H and O–H groups in total. The van der Waals surface area contributed by atoms with Crippen LogP contribution < -0.4 is 0 Å². The molecule has 0 heterocycles. The number of allylic oxidation sites excluding steroid dienone is 2. The van der Waals surface area contributed by atoms with Gasteiger partial charge in [-0.25, -0.2) is 0 Å². The minimum absolute atomic E-state index is 0.942. The summed E-state index contributed by atoms with van der Waals surface area (Å²) in [6.07, 6.45) is 1.75. The summed E-state index contributed by atoms with van der Waals surface area (Å²) in [6.45, 7) is 7.51. The first kappa shape index (κ1) is 8.28. The van der Waals surface area contributed by atoms with Crippen molar-refractivity contribution in [3.63, 3.8) is 0 Å². The van der Waals surface area contributed by atoms with Gasteiger partial charge in [0.15, 0.2) is 0 Å². The van der Waals surface area contributed by atoms with Crippen molar-refractivity contribution >= 4 is 21.5 Å². The summed E-state index contributed by atoms with van der Waals surface area (Å²) >= 11 is 3.43. The Kier molecular flexibility index (Phi) is 2.66. The fraction of sp³-hybridized carbons (Fsp3) is 0. The van der Waals surface area contributed by atoms with Gasteiger partial charge < -0.3 is 0 Å². The lowest BCUT2D eigenvalue weighted by atomic mass is 10.1. The van der Waals surface area contributed by atoms with E-state index in [1.807, 2.05) is 24.3 Å². The molecule has 0 fully saturated rings. The molecule has 11 heavy (non-hydrogen) atoms. The van der Waals surface area contributed by atoms with Crippen LogP contribution in [0.25, 0.3) is 5.57 Å². The maximum atomic E-state index is 3.86. The van der Waals surface area contributed by atoms with Crippen LogP contribution in [-0.2, 0) is 0 Å². The maximum Gasteiger partial charge on any atom is 0.0253 e. The molecule has 0 spiro atoms. The highest BCUT2D eigenvalue weighted by atomic mass is 79.9. The van der Waals surface area contributed by atoms with E-state index in [1.54, 1.807) is 6.08 Å². The van der Waals surface area contributed by atoms with Gasteiger partial charge in [-0.1, -0.05) is 53.4 Å². The molecule has 0 saturated heterocycles. The quantitative estimate of drug-likeness (QED) is 0.652. The van der Waals surface area contributed by atoms with E-state index in [0.717, 1.165) is 15.6 Å². The zero-order valence-corrected chi connectivity index (χ0v) is 7.76. The molecular formula is C10H9Br. The molecule has 1 rings (SSSR count). The average Bonchev–Trinajstić information content (AvgIpc) is 2.04. The Labute approximate surface area is 75.4 Å². The van der Waals surface area contributed by atoms with Crippen LogP contribution in [-0.4, -0.2) is 0 Å². The molecule has 0 amide bonds. The van der Waals surface area contributed by atoms with E-state index in [0.29, 0.717) is 0 Å². The van der Waals surface area contributed by atoms with Crippen LogP contribution in [0.5, 0.6) is 0 Å². The molecule has 0 unspecified atom stereocenters. The van der Waals surface area contributed by atoms with Gasteiger partial charge in [-0.15, -0.1) is 0 Å². The van der Waals surface area contributed by atoms with E-state index < -0.39 is 0 Å². The second-order valence-electron chi connectivity index (χ2n) is 2.21. The smallest absolute Gasteiger partial charge is 0.0253 e. The van der Waals surface area contributed by atoms with Gasteiger partial charge in [-0.3, -0.25) is 0 Å². The zero-order chi connectivity index (χ0) is 8.27. The predicted molar refractivity (Wildman–Crippen MR) is 53.4 cm³/mol. The van der Waals surface area contributed by atoms with Crippen molar-refractivity contribution in [3.05, 3.63) is 53.5 Å². The third-order valence-electron chi connectivity index (χ3n) is 1.47. The van der Waals surface area contributed by atoms with Gasteiger partial charge in [-0.2, -0.15) is 0 Å². The van der Waals surface area contributed by atoms with Crippen LogP contribution in [0.2, 0.25) is 0 Å². The fourth-order valence-electron chi connectivity index (χ4n) is 0.832. The van der Waals surface area contributed by atoms with E-state index in [4.69, 9.17) is 0 Å². The first-order chi connectivity index (χ1) is 5.25. The van der Waals surface area contributed by atoms with Gasteiger partial charge in [0.1, 0.15) is 0 Å². The molecule has 0 bridgehead atoms. The van der Waals surface area contributed by atoms with E-state index in [1.165, 1.54) is 0 Å². The highest BCUT2D eigenvalue weighted by Crippen LogP contribution is 2.22. The van der Waals surface area contributed by atoms with Crippen molar-refractivity contribution in [1.29, 1.82) is 0 Å². The zero-order valence-electron chi connectivity index (χ0n) is 6.18. The van der Waals surface area contributed by atoms with Crippen molar-refractivity contribution in [2.24, 2.45) is 0 Å². The Hall–Kier alpha value is -0.820. The van der Waals surface area contributed by atoms with Crippen LogP contribution in [0.15, 0.2) is 48.0 Å². The molecule has 1 heteroatoms. The van der Waals surface area contributed by atoms with Crippen LogP contribution in [0.1, 0.15) is 5.56 Å². The van der Waals surface area contributed by atoms with Gasteiger partial charge >= 0.3 is 0 Å². The Morgan fingerprint density at radius 1 is 1.36 bits per heavy atom. The molecule has 0 nitrogen and oxygen atoms in total. The molecule has 0 aliphatic heterocycles. The van der Waals surface area contributed by atoms with Crippen LogP contribution in [0.4, 0.5) is 0 Å². The van der Waals surface area contributed by atoms with Gasteiger partial charge in [0.05, 0.1) is 0 Å². The van der Waals surface area contributed by atoms with E-state index >= 15 is 0 Å². The van der Waals surface area contributed by atoms with Crippen molar-refractivity contribution in [2.75, 3.05) is 0 Å². The lowest BCUT2D eigenvalue weighted by Gasteiger charge is -2.01. The van der Waals surface area contributed by atoms with E-state index in [2.05, 4.69) is 29.1 Å². The number of hydrogen-bond acceptors (Lipinski definition) is 0. The summed E-state index contributed by atoms with van der Waals surface area (Å²) in [4.78, 5) is 0. The highest BCUT2D eigenvalue weighted by Gasteiger charge is 1.97. The molecule has 56 valence electrons. The first-order valence-electron chi connectivity index (χ1n) is 3.32. The van der Waals surface area contributed by atoms with E-state index in [9.17, 15) is 0 Å². The second-order valence-corrected chi connectivity index (χ2v) is 3.06. The predicted octanol–water partition coefficient (Wildman–Crippen LogP) is 3.65. The molecule has 0 aromatic heterocycles. The number of hydrogen-bond donors (Lipinski definition) is 0. The largest absolute Gasteiger partial charge is 0.0985 e.